The molecule has 0 aliphatic carbocycles. The van der Waals surface area contributed by atoms with Gasteiger partial charge in [0, 0.05) is 36.6 Å². The van der Waals surface area contributed by atoms with Crippen LogP contribution >= 0.6 is 11.3 Å². The number of hydrogen-bond acceptors (Lipinski definition) is 3. The number of rotatable bonds is 5. The van der Waals surface area contributed by atoms with Gasteiger partial charge in [0.25, 0.3) is 0 Å². The van der Waals surface area contributed by atoms with Crippen molar-refractivity contribution >= 4 is 17.0 Å². The summed E-state index contributed by atoms with van der Waals surface area (Å²) in [7, 11) is 0. The van der Waals surface area contributed by atoms with E-state index in [2.05, 4.69) is 31.4 Å². The third kappa shape index (κ3) is 3.51. The molecule has 0 aliphatic heterocycles. The number of aromatic nitrogens is 3. The van der Waals surface area contributed by atoms with Crippen LogP contribution in [0.4, 0.5) is 10.1 Å². The van der Waals surface area contributed by atoms with Gasteiger partial charge < -0.3 is 9.13 Å². The normalized spacial score (nSPS) is 12.0. The van der Waals surface area contributed by atoms with Crippen LogP contribution in [0.25, 0.3) is 0 Å². The van der Waals surface area contributed by atoms with E-state index in [-0.39, 0.29) is 5.82 Å². The van der Waals surface area contributed by atoms with Crippen LogP contribution < -0.4 is 4.80 Å². The van der Waals surface area contributed by atoms with Crippen molar-refractivity contribution in [3.05, 3.63) is 64.7 Å². The molecule has 0 saturated carbocycles. The lowest BCUT2D eigenvalue weighted by Gasteiger charge is -2.06. The molecule has 4 nitrogen and oxygen atoms in total. The molecule has 1 aromatic carbocycles. The maximum Gasteiger partial charge on any atom is 0.190 e. The maximum absolute atomic E-state index is 13.0. The van der Waals surface area contributed by atoms with Gasteiger partial charge in [0.1, 0.15) is 5.82 Å². The summed E-state index contributed by atoms with van der Waals surface area (Å²) in [5.41, 5.74) is 1.96. The number of halogens is 1. The van der Waals surface area contributed by atoms with Gasteiger partial charge in [-0.05, 0) is 37.6 Å². The number of thiazole rings is 1. The summed E-state index contributed by atoms with van der Waals surface area (Å²) in [6.07, 6.45) is 6.59. The van der Waals surface area contributed by atoms with Gasteiger partial charge in [-0.15, -0.1) is 11.3 Å². The zero-order chi connectivity index (χ0) is 15.4. The van der Waals surface area contributed by atoms with Gasteiger partial charge in [0.2, 0.25) is 0 Å². The molecule has 0 radical (unpaired) electrons. The van der Waals surface area contributed by atoms with E-state index in [0.717, 1.165) is 30.0 Å². The summed E-state index contributed by atoms with van der Waals surface area (Å²) < 4.78 is 17.2. The molecular weight excluding hydrogens is 299 g/mol. The van der Waals surface area contributed by atoms with Crippen LogP contribution in [0.15, 0.2) is 53.4 Å². The molecule has 0 unspecified atom stereocenters. The largest absolute Gasteiger partial charge is 0.337 e. The Hall–Kier alpha value is -2.21. The topological polar surface area (TPSA) is 35.1 Å². The lowest BCUT2D eigenvalue weighted by atomic mass is 10.3. The Balaban J connectivity index is 1.76. The number of hydrogen-bond donors (Lipinski definition) is 0. The first-order chi connectivity index (χ1) is 10.7. The molecule has 0 N–H and O–H groups in total. The zero-order valence-electron chi connectivity index (χ0n) is 12.3. The third-order valence-electron chi connectivity index (χ3n) is 3.40. The van der Waals surface area contributed by atoms with Gasteiger partial charge in [-0.2, -0.15) is 0 Å². The molecule has 2 heterocycles. The van der Waals surface area contributed by atoms with Crippen LogP contribution in [0.1, 0.15) is 12.1 Å². The molecule has 22 heavy (non-hydrogen) atoms. The first kappa shape index (κ1) is 14.7. The second-order valence-electron chi connectivity index (χ2n) is 5.05. The van der Waals surface area contributed by atoms with Gasteiger partial charge in [0.05, 0.1) is 12.0 Å². The molecule has 2 aromatic heterocycles. The van der Waals surface area contributed by atoms with Crippen molar-refractivity contribution < 1.29 is 4.39 Å². The van der Waals surface area contributed by atoms with Crippen molar-refractivity contribution in [2.24, 2.45) is 4.99 Å². The van der Waals surface area contributed by atoms with Crippen LogP contribution in [0.2, 0.25) is 0 Å². The van der Waals surface area contributed by atoms with Gasteiger partial charge in [-0.3, -0.25) is 0 Å². The molecule has 3 aromatic rings. The van der Waals surface area contributed by atoms with Crippen molar-refractivity contribution in [1.82, 2.24) is 14.1 Å². The second kappa shape index (κ2) is 6.70. The monoisotopic (exact) mass is 316 g/mol. The quantitative estimate of drug-likeness (QED) is 0.709. The number of aryl methyl sites for hydroxylation is 2. The number of nitrogens with zero attached hydrogens (tertiary/aromatic N) is 4. The Morgan fingerprint density at radius 1 is 1.23 bits per heavy atom. The molecule has 0 amide bonds. The summed E-state index contributed by atoms with van der Waals surface area (Å²) >= 11 is 1.61. The van der Waals surface area contributed by atoms with E-state index in [0.29, 0.717) is 0 Å². The van der Waals surface area contributed by atoms with Crippen LogP contribution in [0, 0.1) is 12.7 Å². The van der Waals surface area contributed by atoms with E-state index >= 15 is 0 Å². The van der Waals surface area contributed by atoms with Crippen molar-refractivity contribution in [2.45, 2.75) is 26.4 Å². The third-order valence-corrected chi connectivity index (χ3v) is 4.38. The Kier molecular flexibility index (Phi) is 4.48. The zero-order valence-corrected chi connectivity index (χ0v) is 13.1. The van der Waals surface area contributed by atoms with Crippen molar-refractivity contribution in [3.63, 3.8) is 0 Å². The molecule has 0 bridgehead atoms. The molecular formula is C16H17FN4S. The highest BCUT2D eigenvalue weighted by molar-refractivity contribution is 7.07. The summed E-state index contributed by atoms with van der Waals surface area (Å²) in [4.78, 5) is 9.60. The smallest absolute Gasteiger partial charge is 0.190 e. The first-order valence-corrected chi connectivity index (χ1v) is 8.01. The Morgan fingerprint density at radius 2 is 2.05 bits per heavy atom. The van der Waals surface area contributed by atoms with Crippen LogP contribution in [0.3, 0.4) is 0 Å². The van der Waals surface area contributed by atoms with E-state index in [1.54, 1.807) is 29.7 Å². The summed E-state index contributed by atoms with van der Waals surface area (Å²) in [6.45, 7) is 3.91. The van der Waals surface area contributed by atoms with E-state index in [9.17, 15) is 4.39 Å². The average Bonchev–Trinajstić information content (AvgIpc) is 3.14. The Labute approximate surface area is 132 Å². The van der Waals surface area contributed by atoms with Gasteiger partial charge in [-0.25, -0.2) is 14.4 Å². The minimum Gasteiger partial charge on any atom is -0.337 e. The van der Waals surface area contributed by atoms with E-state index < -0.39 is 0 Å². The predicted molar refractivity (Wildman–Crippen MR) is 85.5 cm³/mol. The predicted octanol–water partition coefficient (Wildman–Crippen LogP) is 3.52. The van der Waals surface area contributed by atoms with E-state index in [4.69, 9.17) is 0 Å². The van der Waals surface area contributed by atoms with Crippen LogP contribution in [-0.4, -0.2) is 14.1 Å². The highest BCUT2D eigenvalue weighted by atomic mass is 32.1. The maximum atomic E-state index is 13.0. The standard InChI is InChI=1S/C16H17FN4S/c1-13-11-22-16(19-15-5-3-14(17)4-6-15)21(13)9-2-8-20-10-7-18-12-20/h3-7,10-12H,2,8-9H2,1H3. The minimum absolute atomic E-state index is 0.241. The number of imidazole rings is 1. The average molecular weight is 316 g/mol. The second-order valence-corrected chi connectivity index (χ2v) is 5.89. The summed E-state index contributed by atoms with van der Waals surface area (Å²) in [6, 6.07) is 6.26. The van der Waals surface area contributed by atoms with E-state index in [1.165, 1.54) is 17.8 Å². The molecule has 6 heteroatoms. The fourth-order valence-corrected chi connectivity index (χ4v) is 3.16. The fraction of sp³-hybridized carbons (Fsp3) is 0.250. The molecule has 0 atom stereocenters. The summed E-state index contributed by atoms with van der Waals surface area (Å²) in [5, 5.41) is 2.10. The lowest BCUT2D eigenvalue weighted by molar-refractivity contribution is 0.548. The first-order valence-electron chi connectivity index (χ1n) is 7.13. The fourth-order valence-electron chi connectivity index (χ4n) is 2.23. The van der Waals surface area contributed by atoms with Gasteiger partial charge in [-0.1, -0.05) is 0 Å². The Bertz CT molecular complexity index is 784. The van der Waals surface area contributed by atoms with Crippen LogP contribution in [0.5, 0.6) is 0 Å². The molecule has 0 spiro atoms. The number of benzene rings is 1. The molecule has 0 saturated heterocycles. The van der Waals surface area contributed by atoms with Crippen molar-refractivity contribution in [2.75, 3.05) is 0 Å². The summed E-state index contributed by atoms with van der Waals surface area (Å²) in [5.74, 6) is -0.241. The highest BCUT2D eigenvalue weighted by Crippen LogP contribution is 2.12. The van der Waals surface area contributed by atoms with Gasteiger partial charge >= 0.3 is 0 Å². The lowest BCUT2D eigenvalue weighted by Crippen LogP contribution is -2.17. The SMILES string of the molecule is Cc1csc(=Nc2ccc(F)cc2)n1CCCn1ccnc1. The van der Waals surface area contributed by atoms with Crippen LogP contribution in [-0.2, 0) is 13.1 Å². The highest BCUT2D eigenvalue weighted by Gasteiger charge is 2.02. The molecule has 114 valence electrons. The molecule has 3 rings (SSSR count). The molecule has 0 aliphatic rings. The van der Waals surface area contributed by atoms with Crippen molar-refractivity contribution in [3.8, 4) is 0 Å². The van der Waals surface area contributed by atoms with E-state index in [1.807, 2.05) is 12.5 Å². The Morgan fingerprint density at radius 3 is 2.77 bits per heavy atom. The van der Waals surface area contributed by atoms with Crippen molar-refractivity contribution in [1.29, 1.82) is 0 Å². The van der Waals surface area contributed by atoms with Gasteiger partial charge in [0.15, 0.2) is 4.80 Å². The minimum atomic E-state index is -0.241. The molecule has 0 fully saturated rings.